The summed E-state index contributed by atoms with van der Waals surface area (Å²) < 4.78 is 14.1. The summed E-state index contributed by atoms with van der Waals surface area (Å²) in [5.74, 6) is 1.61. The molecular formula is C26H27ClN4O2S. The lowest BCUT2D eigenvalue weighted by Crippen LogP contribution is -2.21. The molecule has 4 aromatic rings. The number of fused-ring (bicyclic) bond motifs is 1. The first kappa shape index (κ1) is 23.1. The van der Waals surface area contributed by atoms with Gasteiger partial charge >= 0.3 is 0 Å². The van der Waals surface area contributed by atoms with Crippen LogP contribution in [-0.2, 0) is 18.4 Å². The van der Waals surface area contributed by atoms with E-state index in [4.69, 9.17) is 26.1 Å². The highest BCUT2D eigenvalue weighted by Crippen LogP contribution is 2.35. The molecule has 0 radical (unpaired) electrons. The number of halogens is 1. The molecule has 0 spiro atoms. The van der Waals surface area contributed by atoms with E-state index in [1.807, 2.05) is 43.0 Å². The Morgan fingerprint density at radius 2 is 2.15 bits per heavy atom. The average molecular weight is 495 g/mol. The Morgan fingerprint density at radius 1 is 1.24 bits per heavy atom. The maximum absolute atomic E-state index is 6.56. The topological polar surface area (TPSA) is 62.1 Å². The normalized spacial score (nSPS) is 16.1. The van der Waals surface area contributed by atoms with Gasteiger partial charge in [0.2, 0.25) is 0 Å². The van der Waals surface area contributed by atoms with Crippen LogP contribution >= 0.6 is 23.4 Å². The molecule has 0 bridgehead atoms. The van der Waals surface area contributed by atoms with E-state index in [0.717, 1.165) is 69.3 Å². The Labute approximate surface area is 208 Å². The highest BCUT2D eigenvalue weighted by atomic mass is 35.5. The lowest BCUT2D eigenvalue weighted by atomic mass is 10.0. The number of hydrogen-bond donors (Lipinski definition) is 0. The molecular weight excluding hydrogens is 468 g/mol. The van der Waals surface area contributed by atoms with Gasteiger partial charge in [0.05, 0.1) is 16.8 Å². The fourth-order valence-corrected chi connectivity index (χ4v) is 5.67. The van der Waals surface area contributed by atoms with Crippen molar-refractivity contribution in [2.75, 3.05) is 12.4 Å². The minimum atomic E-state index is 0.280. The first-order chi connectivity index (χ1) is 16.6. The van der Waals surface area contributed by atoms with Crippen LogP contribution in [0.25, 0.3) is 22.2 Å². The Morgan fingerprint density at radius 3 is 2.94 bits per heavy atom. The molecule has 0 amide bonds. The Bertz CT molecular complexity index is 1300. The summed E-state index contributed by atoms with van der Waals surface area (Å²) >= 11 is 8.29. The number of rotatable bonds is 7. The number of hydrogen-bond acceptors (Lipinski definition) is 6. The van der Waals surface area contributed by atoms with Crippen LogP contribution in [0.3, 0.4) is 0 Å². The van der Waals surface area contributed by atoms with E-state index in [1.54, 1.807) is 24.2 Å². The molecule has 0 N–H and O–H groups in total. The second-order valence-electron chi connectivity index (χ2n) is 8.49. The van der Waals surface area contributed by atoms with Crippen molar-refractivity contribution in [1.82, 2.24) is 19.7 Å². The van der Waals surface area contributed by atoms with Gasteiger partial charge in [-0.1, -0.05) is 23.7 Å². The van der Waals surface area contributed by atoms with Crippen LogP contribution in [0.5, 0.6) is 5.75 Å². The van der Waals surface area contributed by atoms with Crippen LogP contribution in [0, 0.1) is 6.92 Å². The monoisotopic (exact) mass is 494 g/mol. The molecule has 4 heterocycles. The number of pyridine rings is 2. The molecule has 0 saturated carbocycles. The van der Waals surface area contributed by atoms with E-state index in [2.05, 4.69) is 22.2 Å². The van der Waals surface area contributed by atoms with Crippen LogP contribution in [0.2, 0.25) is 5.02 Å². The third kappa shape index (κ3) is 4.92. The summed E-state index contributed by atoms with van der Waals surface area (Å²) in [5, 5.41) is 5.96. The minimum Gasteiger partial charge on any atom is -0.487 e. The van der Waals surface area contributed by atoms with Crippen molar-refractivity contribution >= 4 is 34.3 Å². The fourth-order valence-electron chi connectivity index (χ4n) is 4.30. The lowest BCUT2D eigenvalue weighted by Gasteiger charge is -2.22. The van der Waals surface area contributed by atoms with Crippen molar-refractivity contribution in [2.45, 2.75) is 43.8 Å². The Kier molecular flexibility index (Phi) is 7.04. The molecule has 1 aliphatic rings. The highest BCUT2D eigenvalue weighted by Gasteiger charge is 2.18. The van der Waals surface area contributed by atoms with Gasteiger partial charge in [-0.05, 0) is 44.4 Å². The highest BCUT2D eigenvalue weighted by molar-refractivity contribution is 7.99. The summed E-state index contributed by atoms with van der Waals surface area (Å²) in [5.41, 5.74) is 4.81. The predicted molar refractivity (Wildman–Crippen MR) is 137 cm³/mol. The van der Waals surface area contributed by atoms with Gasteiger partial charge in [0, 0.05) is 65.1 Å². The molecule has 176 valence electrons. The zero-order valence-electron chi connectivity index (χ0n) is 19.3. The van der Waals surface area contributed by atoms with Crippen LogP contribution in [0.1, 0.15) is 30.5 Å². The molecule has 8 heteroatoms. The van der Waals surface area contributed by atoms with Gasteiger partial charge in [-0.3, -0.25) is 9.67 Å². The SMILES string of the molecule is Cc1cc(-c2ccnn2C)c2cccc(OCc3c(Cl)cncc3SCC3CCCCO3)c2n1. The van der Waals surface area contributed by atoms with Crippen LogP contribution in [-0.4, -0.2) is 38.2 Å². The quantitative estimate of drug-likeness (QED) is 0.284. The summed E-state index contributed by atoms with van der Waals surface area (Å²) in [6.45, 7) is 3.19. The van der Waals surface area contributed by atoms with Gasteiger partial charge in [0.15, 0.2) is 0 Å². The standard InChI is InChI=1S/C26H27ClN4O2S/c1-17-12-20(23-9-10-29-31(23)2)19-7-5-8-24(26(19)30-17)33-15-21-22(27)13-28-14-25(21)34-16-18-6-3-4-11-32-18/h5,7-10,12-14,18H,3-4,6,11,15-16H2,1-2H3. The number of aryl methyl sites for hydroxylation is 2. The predicted octanol–water partition coefficient (Wildman–Crippen LogP) is 6.23. The zero-order valence-corrected chi connectivity index (χ0v) is 20.9. The van der Waals surface area contributed by atoms with Gasteiger partial charge < -0.3 is 9.47 Å². The number of ether oxygens (including phenoxy) is 2. The van der Waals surface area contributed by atoms with E-state index in [1.165, 1.54) is 6.42 Å². The van der Waals surface area contributed by atoms with Gasteiger partial charge in [0.1, 0.15) is 17.9 Å². The van der Waals surface area contributed by atoms with Crippen molar-refractivity contribution < 1.29 is 9.47 Å². The zero-order chi connectivity index (χ0) is 23.5. The van der Waals surface area contributed by atoms with Crippen LogP contribution in [0.15, 0.2) is 53.8 Å². The summed E-state index contributed by atoms with van der Waals surface area (Å²) in [4.78, 5) is 10.1. The van der Waals surface area contributed by atoms with Crippen LogP contribution in [0.4, 0.5) is 0 Å². The van der Waals surface area contributed by atoms with Crippen LogP contribution < -0.4 is 4.74 Å². The summed E-state index contributed by atoms with van der Waals surface area (Å²) in [7, 11) is 1.94. The Hall–Kier alpha value is -2.61. The third-order valence-electron chi connectivity index (χ3n) is 6.06. The van der Waals surface area contributed by atoms with Gasteiger partial charge in [-0.15, -0.1) is 11.8 Å². The molecule has 34 heavy (non-hydrogen) atoms. The molecule has 1 aromatic carbocycles. The molecule has 1 aliphatic heterocycles. The molecule has 1 unspecified atom stereocenters. The van der Waals surface area contributed by atoms with Gasteiger partial charge in [-0.2, -0.15) is 5.10 Å². The molecule has 1 fully saturated rings. The first-order valence-electron chi connectivity index (χ1n) is 11.5. The van der Waals surface area contributed by atoms with Crippen molar-refractivity contribution in [1.29, 1.82) is 0 Å². The van der Waals surface area contributed by atoms with Crippen molar-refractivity contribution in [2.24, 2.45) is 7.05 Å². The van der Waals surface area contributed by atoms with Gasteiger partial charge in [0.25, 0.3) is 0 Å². The van der Waals surface area contributed by atoms with Gasteiger partial charge in [-0.25, -0.2) is 4.98 Å². The molecule has 0 aliphatic carbocycles. The smallest absolute Gasteiger partial charge is 0.146 e. The molecule has 3 aromatic heterocycles. The Balaban J connectivity index is 1.41. The average Bonchev–Trinajstić information content (AvgIpc) is 3.28. The maximum atomic E-state index is 6.56. The summed E-state index contributed by atoms with van der Waals surface area (Å²) in [6.07, 6.45) is 9.11. The largest absolute Gasteiger partial charge is 0.487 e. The second-order valence-corrected chi connectivity index (χ2v) is 9.96. The molecule has 1 atom stereocenters. The third-order valence-corrected chi connectivity index (χ3v) is 7.59. The number of para-hydroxylation sites is 1. The van der Waals surface area contributed by atoms with E-state index in [0.29, 0.717) is 11.6 Å². The number of benzene rings is 1. The van der Waals surface area contributed by atoms with E-state index < -0.39 is 0 Å². The van der Waals surface area contributed by atoms with Crippen molar-refractivity contribution in [3.63, 3.8) is 0 Å². The van der Waals surface area contributed by atoms with E-state index >= 15 is 0 Å². The van der Waals surface area contributed by atoms with Crippen molar-refractivity contribution in [3.8, 4) is 17.0 Å². The lowest BCUT2D eigenvalue weighted by molar-refractivity contribution is 0.0315. The fraction of sp³-hybridized carbons (Fsp3) is 0.346. The van der Waals surface area contributed by atoms with E-state index in [9.17, 15) is 0 Å². The molecule has 1 saturated heterocycles. The maximum Gasteiger partial charge on any atom is 0.146 e. The number of nitrogens with zero attached hydrogens (tertiary/aromatic N) is 4. The number of thioether (sulfide) groups is 1. The minimum absolute atomic E-state index is 0.280. The van der Waals surface area contributed by atoms with Crippen molar-refractivity contribution in [3.05, 3.63) is 65.2 Å². The number of aromatic nitrogens is 4. The van der Waals surface area contributed by atoms with E-state index in [-0.39, 0.29) is 6.10 Å². The molecule has 5 rings (SSSR count). The first-order valence-corrected chi connectivity index (χ1v) is 12.8. The second kappa shape index (κ2) is 10.3. The molecule has 6 nitrogen and oxygen atoms in total. The summed E-state index contributed by atoms with van der Waals surface area (Å²) in [6, 6.07) is 10.1.